The number of ether oxygens (including phenoxy) is 1. The molecule has 0 bridgehead atoms. The number of carbonyl (C=O) groups is 1. The standard InChI is InChI=1S/C21H13BrCl2N2O3/c1-28-19-14(8-11(23)9-16(19)24)20(27)25-12-6-7-18-17(10-12)26-21(29-18)13-4-2-3-5-15(13)22/h2-10H,1H3,(H,25,27). The fourth-order valence-electron chi connectivity index (χ4n) is 2.89. The average molecular weight is 492 g/mol. The van der Waals surface area contributed by atoms with Gasteiger partial charge in [-0.05, 0) is 58.4 Å². The molecule has 1 heterocycles. The van der Waals surface area contributed by atoms with Gasteiger partial charge in [-0.3, -0.25) is 4.79 Å². The number of amides is 1. The molecule has 1 aromatic heterocycles. The van der Waals surface area contributed by atoms with Crippen molar-refractivity contribution in [3.05, 3.63) is 74.7 Å². The summed E-state index contributed by atoms with van der Waals surface area (Å²) in [5.41, 5.74) is 2.85. The van der Waals surface area contributed by atoms with Gasteiger partial charge in [0, 0.05) is 15.2 Å². The zero-order chi connectivity index (χ0) is 20.5. The van der Waals surface area contributed by atoms with Gasteiger partial charge in [0.1, 0.15) is 11.3 Å². The molecule has 8 heteroatoms. The smallest absolute Gasteiger partial charge is 0.259 e. The highest BCUT2D eigenvalue weighted by atomic mass is 79.9. The summed E-state index contributed by atoms with van der Waals surface area (Å²) in [4.78, 5) is 17.3. The Labute approximate surface area is 184 Å². The molecule has 1 amide bonds. The van der Waals surface area contributed by atoms with Crippen LogP contribution in [0.15, 0.2) is 63.5 Å². The Balaban J connectivity index is 1.66. The van der Waals surface area contributed by atoms with Gasteiger partial charge in [0.25, 0.3) is 5.91 Å². The van der Waals surface area contributed by atoms with E-state index in [9.17, 15) is 4.79 Å². The molecule has 0 aliphatic carbocycles. The quantitative estimate of drug-likeness (QED) is 0.340. The lowest BCUT2D eigenvalue weighted by Gasteiger charge is -2.11. The van der Waals surface area contributed by atoms with Crippen molar-refractivity contribution >= 4 is 61.8 Å². The Hall–Kier alpha value is -2.54. The lowest BCUT2D eigenvalue weighted by molar-refractivity contribution is 0.102. The van der Waals surface area contributed by atoms with Crippen LogP contribution in [-0.4, -0.2) is 18.0 Å². The largest absolute Gasteiger partial charge is 0.494 e. The molecular formula is C21H13BrCl2N2O3. The Morgan fingerprint density at radius 1 is 1.14 bits per heavy atom. The maximum absolute atomic E-state index is 12.7. The van der Waals surface area contributed by atoms with Crippen molar-refractivity contribution in [2.75, 3.05) is 12.4 Å². The van der Waals surface area contributed by atoms with Crippen molar-refractivity contribution < 1.29 is 13.9 Å². The van der Waals surface area contributed by atoms with Crippen LogP contribution in [0.5, 0.6) is 5.75 Å². The van der Waals surface area contributed by atoms with Crippen molar-refractivity contribution in [3.63, 3.8) is 0 Å². The highest BCUT2D eigenvalue weighted by Gasteiger charge is 2.18. The zero-order valence-electron chi connectivity index (χ0n) is 15.0. The minimum atomic E-state index is -0.403. The minimum absolute atomic E-state index is 0.235. The summed E-state index contributed by atoms with van der Waals surface area (Å²) >= 11 is 15.6. The Bertz CT molecular complexity index is 1240. The summed E-state index contributed by atoms with van der Waals surface area (Å²) in [5.74, 6) is 0.340. The molecule has 0 unspecified atom stereocenters. The summed E-state index contributed by atoms with van der Waals surface area (Å²) in [6.45, 7) is 0. The van der Waals surface area contributed by atoms with Gasteiger partial charge in [0.2, 0.25) is 5.89 Å². The molecule has 0 fully saturated rings. The summed E-state index contributed by atoms with van der Waals surface area (Å²) in [6, 6.07) is 15.9. The molecule has 146 valence electrons. The number of benzene rings is 3. The van der Waals surface area contributed by atoms with Crippen LogP contribution in [0.3, 0.4) is 0 Å². The molecule has 5 nitrogen and oxygen atoms in total. The summed E-state index contributed by atoms with van der Waals surface area (Å²) < 4.78 is 12.0. The maximum atomic E-state index is 12.7. The van der Waals surface area contributed by atoms with Gasteiger partial charge in [-0.1, -0.05) is 35.3 Å². The van der Waals surface area contributed by atoms with E-state index in [4.69, 9.17) is 32.4 Å². The summed E-state index contributed by atoms with van der Waals surface area (Å²) in [5, 5.41) is 3.41. The maximum Gasteiger partial charge on any atom is 0.259 e. The van der Waals surface area contributed by atoms with E-state index in [1.165, 1.54) is 19.2 Å². The van der Waals surface area contributed by atoms with Crippen LogP contribution >= 0.6 is 39.1 Å². The van der Waals surface area contributed by atoms with Gasteiger partial charge in [0.05, 0.1) is 23.3 Å². The fraction of sp³-hybridized carbons (Fsp3) is 0.0476. The van der Waals surface area contributed by atoms with E-state index in [-0.39, 0.29) is 16.3 Å². The van der Waals surface area contributed by atoms with Crippen molar-refractivity contribution in [2.24, 2.45) is 0 Å². The molecular weight excluding hydrogens is 479 g/mol. The lowest BCUT2D eigenvalue weighted by atomic mass is 10.1. The molecule has 4 aromatic rings. The molecule has 0 aliphatic rings. The van der Waals surface area contributed by atoms with Crippen LogP contribution in [0.4, 0.5) is 5.69 Å². The number of fused-ring (bicyclic) bond motifs is 1. The van der Waals surface area contributed by atoms with E-state index in [1.54, 1.807) is 18.2 Å². The van der Waals surface area contributed by atoms with Crippen LogP contribution in [0, 0.1) is 0 Å². The van der Waals surface area contributed by atoms with Crippen molar-refractivity contribution in [3.8, 4) is 17.2 Å². The number of nitrogens with zero attached hydrogens (tertiary/aromatic N) is 1. The molecule has 4 rings (SSSR count). The number of hydrogen-bond donors (Lipinski definition) is 1. The summed E-state index contributed by atoms with van der Waals surface area (Å²) in [6.07, 6.45) is 0. The highest BCUT2D eigenvalue weighted by molar-refractivity contribution is 9.10. The topological polar surface area (TPSA) is 64.4 Å². The molecule has 0 radical (unpaired) electrons. The van der Waals surface area contributed by atoms with Crippen molar-refractivity contribution in [1.29, 1.82) is 0 Å². The molecule has 3 aromatic carbocycles. The van der Waals surface area contributed by atoms with Crippen LogP contribution < -0.4 is 10.1 Å². The monoisotopic (exact) mass is 490 g/mol. The fourth-order valence-corrected chi connectivity index (χ4v) is 3.91. The van der Waals surface area contributed by atoms with Gasteiger partial charge >= 0.3 is 0 Å². The number of nitrogens with one attached hydrogen (secondary N) is 1. The molecule has 0 saturated carbocycles. The van der Waals surface area contributed by atoms with E-state index in [0.717, 1.165) is 10.0 Å². The predicted octanol–water partition coefficient (Wildman–Crippen LogP) is 6.83. The molecule has 0 saturated heterocycles. The molecule has 0 spiro atoms. The van der Waals surface area contributed by atoms with E-state index in [2.05, 4.69) is 26.2 Å². The van der Waals surface area contributed by atoms with Crippen molar-refractivity contribution in [1.82, 2.24) is 4.98 Å². The summed E-state index contributed by atoms with van der Waals surface area (Å²) in [7, 11) is 1.44. The second kappa shape index (κ2) is 8.06. The van der Waals surface area contributed by atoms with Gasteiger partial charge in [-0.2, -0.15) is 0 Å². The number of carbonyl (C=O) groups excluding carboxylic acids is 1. The Morgan fingerprint density at radius 3 is 2.69 bits per heavy atom. The molecule has 0 aliphatic heterocycles. The first kappa shape index (κ1) is 19.8. The second-order valence-corrected chi connectivity index (χ2v) is 7.80. The number of halogens is 3. The average Bonchev–Trinajstić information content (AvgIpc) is 3.10. The van der Waals surface area contributed by atoms with E-state index in [0.29, 0.717) is 27.7 Å². The first-order valence-corrected chi connectivity index (χ1v) is 10.0. The number of anilines is 1. The second-order valence-electron chi connectivity index (χ2n) is 6.10. The number of oxazole rings is 1. The number of methoxy groups -OCH3 is 1. The molecule has 0 atom stereocenters. The first-order valence-electron chi connectivity index (χ1n) is 8.46. The lowest BCUT2D eigenvalue weighted by Crippen LogP contribution is -2.13. The minimum Gasteiger partial charge on any atom is -0.494 e. The third kappa shape index (κ3) is 3.96. The number of hydrogen-bond acceptors (Lipinski definition) is 4. The van der Waals surface area contributed by atoms with Gasteiger partial charge in [-0.15, -0.1) is 0 Å². The van der Waals surface area contributed by atoms with E-state index >= 15 is 0 Å². The van der Waals surface area contributed by atoms with Gasteiger partial charge in [0.15, 0.2) is 5.58 Å². The third-order valence-corrected chi connectivity index (χ3v) is 5.40. The SMILES string of the molecule is COc1c(Cl)cc(Cl)cc1C(=O)Nc1ccc2oc(-c3ccccc3Br)nc2c1. The highest BCUT2D eigenvalue weighted by Crippen LogP contribution is 2.34. The van der Waals surface area contributed by atoms with Gasteiger partial charge < -0.3 is 14.5 Å². The normalized spacial score (nSPS) is 10.9. The van der Waals surface area contributed by atoms with Crippen LogP contribution in [0.1, 0.15) is 10.4 Å². The third-order valence-electron chi connectivity index (χ3n) is 4.21. The number of rotatable bonds is 4. The van der Waals surface area contributed by atoms with E-state index in [1.807, 2.05) is 24.3 Å². The van der Waals surface area contributed by atoms with E-state index < -0.39 is 5.91 Å². The van der Waals surface area contributed by atoms with Crippen molar-refractivity contribution in [2.45, 2.75) is 0 Å². The van der Waals surface area contributed by atoms with Gasteiger partial charge in [-0.25, -0.2) is 4.98 Å². The Morgan fingerprint density at radius 2 is 1.93 bits per heavy atom. The zero-order valence-corrected chi connectivity index (χ0v) is 18.1. The molecule has 29 heavy (non-hydrogen) atoms. The van der Waals surface area contributed by atoms with Crippen LogP contribution in [-0.2, 0) is 0 Å². The first-order chi connectivity index (χ1) is 14.0. The predicted molar refractivity (Wildman–Crippen MR) is 118 cm³/mol. The Kier molecular flexibility index (Phi) is 5.50. The number of aromatic nitrogens is 1. The molecule has 1 N–H and O–H groups in total. The van der Waals surface area contributed by atoms with Crippen LogP contribution in [0.2, 0.25) is 10.0 Å². The van der Waals surface area contributed by atoms with Crippen LogP contribution in [0.25, 0.3) is 22.6 Å².